The smallest absolute Gasteiger partial charge is 0.149 e. The van der Waals surface area contributed by atoms with Crippen LogP contribution >= 0.6 is 0 Å². The van der Waals surface area contributed by atoms with Crippen LogP contribution in [0.3, 0.4) is 0 Å². The summed E-state index contributed by atoms with van der Waals surface area (Å²) in [4.78, 5) is 9.14. The Morgan fingerprint density at radius 3 is 2.67 bits per heavy atom. The third-order valence-corrected chi connectivity index (χ3v) is 4.47. The van der Waals surface area contributed by atoms with Crippen LogP contribution in [0.4, 0.5) is 10.1 Å². The lowest BCUT2D eigenvalue weighted by Crippen LogP contribution is -2.47. The lowest BCUT2D eigenvalue weighted by atomic mass is 10.1. The minimum absolute atomic E-state index is 0.248. The van der Waals surface area contributed by atoms with Gasteiger partial charge in [-0.1, -0.05) is 12.1 Å². The first-order chi connectivity index (χ1) is 11.5. The number of pyridine rings is 1. The number of benzene rings is 1. The summed E-state index contributed by atoms with van der Waals surface area (Å²) in [5, 5.41) is 0.900. The number of nitrogens with zero attached hydrogens (tertiary/aromatic N) is 3. The summed E-state index contributed by atoms with van der Waals surface area (Å²) in [7, 11) is 0. The fraction of sp³-hybridized carbons (Fsp3) is 0.526. The Morgan fingerprint density at radius 2 is 1.96 bits per heavy atom. The van der Waals surface area contributed by atoms with Crippen LogP contribution in [0.1, 0.15) is 19.5 Å². The van der Waals surface area contributed by atoms with Crippen LogP contribution in [-0.2, 0) is 4.74 Å². The number of halogens is 1. The molecular formula is C19H26FN3O. The fourth-order valence-corrected chi connectivity index (χ4v) is 3.21. The van der Waals surface area contributed by atoms with Gasteiger partial charge in [-0.15, -0.1) is 0 Å². The molecule has 0 spiro atoms. The number of para-hydroxylation sites is 1. The van der Waals surface area contributed by atoms with Gasteiger partial charge < -0.3 is 9.64 Å². The Balaban J connectivity index is 1.71. The first-order valence-corrected chi connectivity index (χ1v) is 8.69. The Morgan fingerprint density at radius 1 is 1.21 bits per heavy atom. The molecule has 2 aromatic rings. The molecular weight excluding hydrogens is 305 g/mol. The van der Waals surface area contributed by atoms with E-state index in [0.717, 1.165) is 56.1 Å². The molecule has 1 saturated heterocycles. The average molecular weight is 331 g/mol. The number of rotatable bonds is 5. The minimum Gasteiger partial charge on any atom is -0.377 e. The molecule has 0 atom stereocenters. The number of hydrogen-bond donors (Lipinski definition) is 0. The molecule has 5 heteroatoms. The van der Waals surface area contributed by atoms with Gasteiger partial charge >= 0.3 is 0 Å². The third-order valence-electron chi connectivity index (χ3n) is 4.47. The second kappa shape index (κ2) is 7.45. The summed E-state index contributed by atoms with van der Waals surface area (Å²) in [6, 6.07) is 7.27. The molecule has 0 bridgehead atoms. The molecule has 2 heterocycles. The third kappa shape index (κ3) is 3.84. The first kappa shape index (κ1) is 17.1. The number of ether oxygens (including phenoxy) is 1. The van der Waals surface area contributed by atoms with E-state index in [0.29, 0.717) is 5.52 Å². The molecule has 0 amide bonds. The van der Waals surface area contributed by atoms with E-state index in [2.05, 4.69) is 34.7 Å². The van der Waals surface area contributed by atoms with Crippen LogP contribution < -0.4 is 4.90 Å². The van der Waals surface area contributed by atoms with Crippen molar-refractivity contribution < 1.29 is 9.13 Å². The van der Waals surface area contributed by atoms with E-state index in [9.17, 15) is 4.39 Å². The zero-order valence-corrected chi connectivity index (χ0v) is 14.8. The highest BCUT2D eigenvalue weighted by Crippen LogP contribution is 2.29. The van der Waals surface area contributed by atoms with Crippen LogP contribution in [0.5, 0.6) is 0 Å². The number of hydrogen-bond acceptors (Lipinski definition) is 4. The van der Waals surface area contributed by atoms with Crippen molar-refractivity contribution in [3.63, 3.8) is 0 Å². The molecule has 1 aromatic carbocycles. The van der Waals surface area contributed by atoms with Gasteiger partial charge in [-0.2, -0.15) is 0 Å². The predicted molar refractivity (Wildman–Crippen MR) is 96.2 cm³/mol. The number of anilines is 1. The molecule has 24 heavy (non-hydrogen) atoms. The zero-order chi connectivity index (χ0) is 17.1. The maximum Gasteiger partial charge on any atom is 0.149 e. The van der Waals surface area contributed by atoms with Gasteiger partial charge in [0.05, 0.1) is 12.7 Å². The van der Waals surface area contributed by atoms with Gasteiger partial charge in [-0.05, 0) is 32.9 Å². The minimum atomic E-state index is -0.248. The van der Waals surface area contributed by atoms with Crippen molar-refractivity contribution in [1.82, 2.24) is 9.88 Å². The second-order valence-corrected chi connectivity index (χ2v) is 6.67. The van der Waals surface area contributed by atoms with Crippen LogP contribution in [-0.4, -0.2) is 55.3 Å². The van der Waals surface area contributed by atoms with Gasteiger partial charge in [-0.3, -0.25) is 4.90 Å². The highest BCUT2D eigenvalue weighted by atomic mass is 19.1. The number of piperazine rings is 1. The van der Waals surface area contributed by atoms with E-state index in [1.807, 2.05) is 13.0 Å². The van der Waals surface area contributed by atoms with E-state index in [1.165, 1.54) is 6.07 Å². The van der Waals surface area contributed by atoms with Gasteiger partial charge in [0.25, 0.3) is 0 Å². The zero-order valence-electron chi connectivity index (χ0n) is 14.8. The molecule has 4 nitrogen and oxygen atoms in total. The van der Waals surface area contributed by atoms with Crippen molar-refractivity contribution in [3.8, 4) is 0 Å². The van der Waals surface area contributed by atoms with Gasteiger partial charge in [0.15, 0.2) is 0 Å². The van der Waals surface area contributed by atoms with E-state index < -0.39 is 0 Å². The normalized spacial score (nSPS) is 16.3. The van der Waals surface area contributed by atoms with Gasteiger partial charge in [0.2, 0.25) is 0 Å². The summed E-state index contributed by atoms with van der Waals surface area (Å²) in [6.45, 7) is 11.7. The molecule has 0 N–H and O–H groups in total. The molecule has 0 radical (unpaired) electrons. The molecule has 3 rings (SSSR count). The standard InChI is InChI=1S/C19H26FN3O/c1-14(2)24-12-11-22-7-9-23(10-8-22)18-13-15(3)21-19-16(18)5-4-6-17(19)20/h4-6,13-14H,7-12H2,1-3H3. The van der Waals surface area contributed by atoms with Crippen molar-refractivity contribution >= 4 is 16.6 Å². The first-order valence-electron chi connectivity index (χ1n) is 8.69. The lowest BCUT2D eigenvalue weighted by Gasteiger charge is -2.36. The van der Waals surface area contributed by atoms with Crippen LogP contribution in [0.25, 0.3) is 10.9 Å². The predicted octanol–water partition coefficient (Wildman–Crippen LogP) is 3.23. The number of aromatic nitrogens is 1. The molecule has 0 saturated carbocycles. The fourth-order valence-electron chi connectivity index (χ4n) is 3.21. The van der Waals surface area contributed by atoms with Crippen molar-refractivity contribution in [2.24, 2.45) is 0 Å². The lowest BCUT2D eigenvalue weighted by molar-refractivity contribution is 0.0579. The number of fused-ring (bicyclic) bond motifs is 1. The van der Waals surface area contributed by atoms with Crippen molar-refractivity contribution in [2.75, 3.05) is 44.2 Å². The monoisotopic (exact) mass is 331 g/mol. The molecule has 0 unspecified atom stereocenters. The van der Waals surface area contributed by atoms with Crippen LogP contribution in [0.2, 0.25) is 0 Å². The summed E-state index contributed by atoms with van der Waals surface area (Å²) >= 11 is 0. The topological polar surface area (TPSA) is 28.6 Å². The maximum atomic E-state index is 14.1. The second-order valence-electron chi connectivity index (χ2n) is 6.67. The molecule has 1 fully saturated rings. The Bertz CT molecular complexity index is 696. The molecule has 1 aliphatic heterocycles. The highest BCUT2D eigenvalue weighted by molar-refractivity contribution is 5.92. The SMILES string of the molecule is Cc1cc(N2CCN(CCOC(C)C)CC2)c2cccc(F)c2n1. The average Bonchev–Trinajstić information content (AvgIpc) is 2.55. The van der Waals surface area contributed by atoms with Crippen LogP contribution in [0.15, 0.2) is 24.3 Å². The van der Waals surface area contributed by atoms with Crippen LogP contribution in [0, 0.1) is 12.7 Å². The molecule has 130 valence electrons. The summed E-state index contributed by atoms with van der Waals surface area (Å²) in [5.41, 5.74) is 2.42. The summed E-state index contributed by atoms with van der Waals surface area (Å²) < 4.78 is 19.7. The quantitative estimate of drug-likeness (QED) is 0.841. The largest absolute Gasteiger partial charge is 0.377 e. The van der Waals surface area contributed by atoms with Crippen molar-refractivity contribution in [1.29, 1.82) is 0 Å². The van der Waals surface area contributed by atoms with Crippen molar-refractivity contribution in [2.45, 2.75) is 26.9 Å². The Labute approximate surface area is 143 Å². The van der Waals surface area contributed by atoms with E-state index in [-0.39, 0.29) is 11.9 Å². The summed E-state index contributed by atoms with van der Waals surface area (Å²) in [5.74, 6) is -0.248. The van der Waals surface area contributed by atoms with Gasteiger partial charge in [0.1, 0.15) is 11.3 Å². The van der Waals surface area contributed by atoms with Crippen molar-refractivity contribution in [3.05, 3.63) is 35.8 Å². The van der Waals surface area contributed by atoms with E-state index in [4.69, 9.17) is 4.74 Å². The molecule has 1 aromatic heterocycles. The highest BCUT2D eigenvalue weighted by Gasteiger charge is 2.20. The number of aryl methyl sites for hydroxylation is 1. The summed E-state index contributed by atoms with van der Waals surface area (Å²) in [6.07, 6.45) is 0.285. The Hall–Kier alpha value is -1.72. The molecule has 0 aliphatic carbocycles. The Kier molecular flexibility index (Phi) is 5.31. The maximum absolute atomic E-state index is 14.1. The van der Waals surface area contributed by atoms with Gasteiger partial charge in [0, 0.05) is 49.5 Å². The van der Waals surface area contributed by atoms with Gasteiger partial charge in [-0.25, -0.2) is 9.37 Å². The van der Waals surface area contributed by atoms with E-state index in [1.54, 1.807) is 6.07 Å². The van der Waals surface area contributed by atoms with E-state index >= 15 is 0 Å². The molecule has 1 aliphatic rings.